The fourth-order valence-corrected chi connectivity index (χ4v) is 5.22. The number of ether oxygens (including phenoxy) is 1. The highest BCUT2D eigenvalue weighted by Crippen LogP contribution is 2.36. The number of amides is 1. The zero-order valence-corrected chi connectivity index (χ0v) is 22.4. The first-order valence-corrected chi connectivity index (χ1v) is 14.1. The van der Waals surface area contributed by atoms with E-state index in [1.54, 1.807) is 6.07 Å². The van der Waals surface area contributed by atoms with Gasteiger partial charge < -0.3 is 14.7 Å². The summed E-state index contributed by atoms with van der Waals surface area (Å²) in [5.41, 5.74) is -0.0449. The van der Waals surface area contributed by atoms with Gasteiger partial charge in [-0.1, -0.05) is 18.8 Å². The SMILES string of the molecule is COC[C@H](CNS(C)(=O)=O)N(C(=O)C1CCC(C)CC1)c1cc(C#CC(C)(C)C)sc1C(=O)O. The number of nitrogens with zero attached hydrogens (tertiary/aromatic N) is 1. The lowest BCUT2D eigenvalue weighted by Crippen LogP contribution is -2.52. The highest BCUT2D eigenvalue weighted by Gasteiger charge is 2.36. The predicted molar refractivity (Wildman–Crippen MR) is 135 cm³/mol. The van der Waals surface area contributed by atoms with Crippen molar-refractivity contribution in [3.05, 3.63) is 15.8 Å². The Labute approximate surface area is 207 Å². The molecule has 2 N–H and O–H groups in total. The quantitative estimate of drug-likeness (QED) is 0.489. The lowest BCUT2D eigenvalue weighted by atomic mass is 9.82. The smallest absolute Gasteiger partial charge is 0.348 e. The number of carbonyl (C=O) groups excluding carboxylic acids is 1. The van der Waals surface area contributed by atoms with Crippen LogP contribution in [0, 0.1) is 29.1 Å². The van der Waals surface area contributed by atoms with Gasteiger partial charge in [0.25, 0.3) is 0 Å². The molecule has 0 aromatic carbocycles. The zero-order valence-electron chi connectivity index (χ0n) is 20.8. The number of nitrogens with one attached hydrogen (secondary N) is 1. The van der Waals surface area contributed by atoms with E-state index in [4.69, 9.17) is 4.74 Å². The number of sulfonamides is 1. The molecule has 0 bridgehead atoms. The van der Waals surface area contributed by atoms with Crippen molar-refractivity contribution < 1.29 is 27.9 Å². The van der Waals surface area contributed by atoms with Crippen molar-refractivity contribution in [2.75, 3.05) is 31.4 Å². The van der Waals surface area contributed by atoms with E-state index in [-0.39, 0.29) is 41.0 Å². The predicted octanol–water partition coefficient (Wildman–Crippen LogP) is 3.57. The highest BCUT2D eigenvalue weighted by molar-refractivity contribution is 7.88. The molecule has 0 saturated heterocycles. The molecular formula is C24H36N2O6S2. The van der Waals surface area contributed by atoms with Crippen molar-refractivity contribution in [1.82, 2.24) is 4.72 Å². The van der Waals surface area contributed by atoms with Crippen molar-refractivity contribution >= 4 is 38.9 Å². The molecule has 1 saturated carbocycles. The van der Waals surface area contributed by atoms with Gasteiger partial charge in [0.05, 0.1) is 29.5 Å². The van der Waals surface area contributed by atoms with Crippen LogP contribution in [-0.2, 0) is 19.6 Å². The topological polar surface area (TPSA) is 113 Å². The first-order valence-electron chi connectivity index (χ1n) is 11.4. The van der Waals surface area contributed by atoms with E-state index in [2.05, 4.69) is 23.5 Å². The summed E-state index contributed by atoms with van der Waals surface area (Å²) in [6.07, 6.45) is 4.29. The second-order valence-corrected chi connectivity index (χ2v) is 12.9. The molecule has 1 atom stereocenters. The summed E-state index contributed by atoms with van der Waals surface area (Å²) in [5.74, 6) is 5.03. The normalized spacial score (nSPS) is 19.7. The molecule has 1 aliphatic carbocycles. The first-order chi connectivity index (χ1) is 15.7. The van der Waals surface area contributed by atoms with E-state index in [1.807, 2.05) is 20.8 Å². The number of hydrogen-bond donors (Lipinski definition) is 2. The Bertz CT molecular complexity index is 1040. The maximum Gasteiger partial charge on any atom is 0.348 e. The Kier molecular flexibility index (Phi) is 9.71. The Morgan fingerprint density at radius 2 is 1.91 bits per heavy atom. The molecule has 1 fully saturated rings. The van der Waals surface area contributed by atoms with Crippen LogP contribution in [0.2, 0.25) is 0 Å². The van der Waals surface area contributed by atoms with Crippen LogP contribution in [0.15, 0.2) is 6.07 Å². The fraction of sp³-hybridized carbons (Fsp3) is 0.667. The number of hydrogen-bond acceptors (Lipinski definition) is 6. The third-order valence-electron chi connectivity index (χ3n) is 5.63. The molecule has 34 heavy (non-hydrogen) atoms. The summed E-state index contributed by atoms with van der Waals surface area (Å²) in [6.45, 7) is 7.96. The second-order valence-electron chi connectivity index (χ2n) is 10.0. The lowest BCUT2D eigenvalue weighted by molar-refractivity contribution is -0.124. The van der Waals surface area contributed by atoms with E-state index < -0.39 is 22.0 Å². The molecule has 0 spiro atoms. The Morgan fingerprint density at radius 3 is 2.41 bits per heavy atom. The fourth-order valence-electron chi connectivity index (χ4n) is 3.89. The number of thiophene rings is 1. The summed E-state index contributed by atoms with van der Waals surface area (Å²) in [7, 11) is -2.07. The second kappa shape index (κ2) is 11.7. The Hall–Kier alpha value is -1.93. The molecule has 190 valence electrons. The molecule has 1 amide bonds. The molecule has 1 aliphatic rings. The van der Waals surface area contributed by atoms with Crippen LogP contribution in [0.25, 0.3) is 0 Å². The molecule has 0 unspecified atom stereocenters. The largest absolute Gasteiger partial charge is 0.477 e. The Balaban J connectivity index is 2.58. The Morgan fingerprint density at radius 1 is 1.29 bits per heavy atom. The number of anilines is 1. The van der Waals surface area contributed by atoms with Gasteiger partial charge >= 0.3 is 5.97 Å². The van der Waals surface area contributed by atoms with Crippen LogP contribution in [0.4, 0.5) is 5.69 Å². The van der Waals surface area contributed by atoms with Crippen LogP contribution in [-0.4, -0.2) is 58.0 Å². The molecule has 10 heteroatoms. The number of carboxylic acid groups (broad SMARTS) is 1. The molecule has 2 rings (SSSR count). The van der Waals surface area contributed by atoms with Crippen LogP contribution in [0.5, 0.6) is 0 Å². The third-order valence-corrected chi connectivity index (χ3v) is 7.35. The maximum atomic E-state index is 13.8. The van der Waals surface area contributed by atoms with Gasteiger partial charge in [0.2, 0.25) is 15.9 Å². The van der Waals surface area contributed by atoms with E-state index in [1.165, 1.54) is 12.0 Å². The number of carboxylic acids is 1. The van der Waals surface area contributed by atoms with E-state index in [9.17, 15) is 23.1 Å². The maximum absolute atomic E-state index is 13.8. The van der Waals surface area contributed by atoms with Gasteiger partial charge in [-0.25, -0.2) is 17.9 Å². The van der Waals surface area contributed by atoms with Gasteiger partial charge in [0, 0.05) is 25.0 Å². The molecule has 1 aromatic heterocycles. The average molecular weight is 513 g/mol. The van der Waals surface area contributed by atoms with Crippen molar-refractivity contribution in [1.29, 1.82) is 0 Å². The number of aromatic carboxylic acids is 1. The minimum absolute atomic E-state index is 0.00352. The summed E-state index contributed by atoms with van der Waals surface area (Å²) in [4.78, 5) is 27.9. The van der Waals surface area contributed by atoms with E-state index in [0.29, 0.717) is 23.6 Å². The van der Waals surface area contributed by atoms with Crippen LogP contribution in [0.3, 0.4) is 0 Å². The summed E-state index contributed by atoms with van der Waals surface area (Å²) in [5, 5.41) is 9.94. The summed E-state index contributed by atoms with van der Waals surface area (Å²) in [6, 6.07) is 0.905. The van der Waals surface area contributed by atoms with Gasteiger partial charge in [-0.05, 0) is 58.4 Å². The van der Waals surface area contributed by atoms with Gasteiger partial charge in [0.15, 0.2) is 0 Å². The minimum atomic E-state index is -3.54. The average Bonchev–Trinajstić information content (AvgIpc) is 3.14. The molecule has 1 heterocycles. The van der Waals surface area contributed by atoms with Gasteiger partial charge in [0.1, 0.15) is 4.88 Å². The van der Waals surface area contributed by atoms with Gasteiger partial charge in [-0.2, -0.15) is 0 Å². The van der Waals surface area contributed by atoms with Crippen molar-refractivity contribution in [3.63, 3.8) is 0 Å². The van der Waals surface area contributed by atoms with Crippen LogP contribution >= 0.6 is 11.3 Å². The van der Waals surface area contributed by atoms with E-state index in [0.717, 1.165) is 30.4 Å². The van der Waals surface area contributed by atoms with Crippen LogP contribution < -0.4 is 9.62 Å². The number of rotatable bonds is 9. The summed E-state index contributed by atoms with van der Waals surface area (Å²) < 4.78 is 31.4. The minimum Gasteiger partial charge on any atom is -0.477 e. The third kappa shape index (κ3) is 8.38. The van der Waals surface area contributed by atoms with Crippen molar-refractivity contribution in [2.45, 2.75) is 59.4 Å². The van der Waals surface area contributed by atoms with Crippen molar-refractivity contribution in [2.24, 2.45) is 17.3 Å². The number of methoxy groups -OCH3 is 1. The summed E-state index contributed by atoms with van der Waals surface area (Å²) >= 11 is 1.01. The van der Waals surface area contributed by atoms with Crippen LogP contribution in [0.1, 0.15) is 67.9 Å². The standard InChI is InChI=1S/C24H36N2O6S2/c1-16-7-9-17(10-8-16)22(27)26(18(15-32-5)14-25-34(6,30)31)20-13-19(11-12-24(2,3)4)33-21(20)23(28)29/h13,16-18,25H,7-10,14-15H2,1-6H3,(H,28,29)/t16?,17?,18-/m0/s1. The zero-order chi connectivity index (χ0) is 25.7. The van der Waals surface area contributed by atoms with Gasteiger partial charge in [-0.3, -0.25) is 4.79 Å². The molecule has 0 aliphatic heterocycles. The molecule has 1 aromatic rings. The lowest BCUT2D eigenvalue weighted by Gasteiger charge is -2.36. The molecule has 0 radical (unpaired) electrons. The van der Waals surface area contributed by atoms with E-state index >= 15 is 0 Å². The molecule has 8 nitrogen and oxygen atoms in total. The monoisotopic (exact) mass is 512 g/mol. The first kappa shape index (κ1) is 28.3. The highest BCUT2D eigenvalue weighted by atomic mass is 32.2. The van der Waals surface area contributed by atoms with Gasteiger partial charge in [-0.15, -0.1) is 11.3 Å². The van der Waals surface area contributed by atoms with Crippen molar-refractivity contribution in [3.8, 4) is 11.8 Å². The molecular weight excluding hydrogens is 476 g/mol. The number of carbonyl (C=O) groups is 2.